The lowest BCUT2D eigenvalue weighted by molar-refractivity contribution is 0.420. The predicted molar refractivity (Wildman–Crippen MR) is 47.6 cm³/mol. The van der Waals surface area contributed by atoms with Crippen LogP contribution in [0, 0.1) is 5.82 Å². The van der Waals surface area contributed by atoms with Crippen LogP contribution in [0.5, 0.6) is 0 Å². The van der Waals surface area contributed by atoms with Crippen molar-refractivity contribution in [1.82, 2.24) is 10.1 Å². The molecule has 0 spiro atoms. The molecule has 2 N–H and O–H groups in total. The maximum absolute atomic E-state index is 13.2. The van der Waals surface area contributed by atoms with E-state index in [1.165, 1.54) is 6.07 Å². The summed E-state index contributed by atoms with van der Waals surface area (Å²) < 4.78 is 18.1. The van der Waals surface area contributed by atoms with Crippen molar-refractivity contribution in [3.63, 3.8) is 0 Å². The van der Waals surface area contributed by atoms with Crippen molar-refractivity contribution >= 4 is 0 Å². The van der Waals surface area contributed by atoms with Gasteiger partial charge in [-0.1, -0.05) is 17.3 Å². The number of hydrogen-bond acceptors (Lipinski definition) is 4. The van der Waals surface area contributed by atoms with Crippen LogP contribution in [-0.2, 0) is 6.54 Å². The lowest BCUT2D eigenvalue weighted by atomic mass is 10.2. The summed E-state index contributed by atoms with van der Waals surface area (Å²) in [6.45, 7) is 0.179. The summed E-state index contributed by atoms with van der Waals surface area (Å²) in [5.41, 5.74) is 5.59. The zero-order chi connectivity index (χ0) is 9.97. The summed E-state index contributed by atoms with van der Waals surface area (Å²) in [6.07, 6.45) is 0. The van der Waals surface area contributed by atoms with Gasteiger partial charge in [-0.25, -0.2) is 4.39 Å². The highest BCUT2D eigenvalue weighted by atomic mass is 19.1. The van der Waals surface area contributed by atoms with E-state index in [0.717, 1.165) is 0 Å². The summed E-state index contributed by atoms with van der Waals surface area (Å²) in [5.74, 6) is 0.131. The quantitative estimate of drug-likeness (QED) is 0.781. The lowest BCUT2D eigenvalue weighted by Crippen LogP contribution is -1.97. The van der Waals surface area contributed by atoms with Crippen molar-refractivity contribution in [3.05, 3.63) is 35.9 Å². The highest BCUT2D eigenvalue weighted by Gasteiger charge is 2.11. The second-order valence-electron chi connectivity index (χ2n) is 2.70. The topological polar surface area (TPSA) is 64.9 Å². The highest BCUT2D eigenvalue weighted by molar-refractivity contribution is 5.53. The Morgan fingerprint density at radius 2 is 2.14 bits per heavy atom. The summed E-state index contributed by atoms with van der Waals surface area (Å²) in [6, 6.07) is 6.20. The van der Waals surface area contributed by atoms with Crippen LogP contribution in [0.15, 0.2) is 28.8 Å². The lowest BCUT2D eigenvalue weighted by Gasteiger charge is -1.94. The van der Waals surface area contributed by atoms with Crippen LogP contribution in [-0.4, -0.2) is 10.1 Å². The van der Waals surface area contributed by atoms with Gasteiger partial charge in [0.25, 0.3) is 5.89 Å². The van der Waals surface area contributed by atoms with Gasteiger partial charge in [-0.3, -0.25) is 0 Å². The van der Waals surface area contributed by atoms with Gasteiger partial charge < -0.3 is 10.3 Å². The number of hydrogen-bond donors (Lipinski definition) is 1. The summed E-state index contributed by atoms with van der Waals surface area (Å²) >= 11 is 0. The van der Waals surface area contributed by atoms with Crippen molar-refractivity contribution in [2.24, 2.45) is 5.73 Å². The molecular weight excluding hydrogens is 185 g/mol. The zero-order valence-corrected chi connectivity index (χ0v) is 7.27. The molecule has 2 rings (SSSR count). The van der Waals surface area contributed by atoms with E-state index in [0.29, 0.717) is 11.4 Å². The third kappa shape index (κ3) is 1.49. The van der Waals surface area contributed by atoms with Crippen molar-refractivity contribution in [1.29, 1.82) is 0 Å². The molecular formula is C9H8FN3O. The second-order valence-corrected chi connectivity index (χ2v) is 2.70. The second kappa shape index (κ2) is 3.55. The first kappa shape index (κ1) is 8.83. The summed E-state index contributed by atoms with van der Waals surface area (Å²) in [7, 11) is 0. The third-order valence-corrected chi connectivity index (χ3v) is 1.75. The van der Waals surface area contributed by atoms with Crippen LogP contribution in [0.25, 0.3) is 11.5 Å². The van der Waals surface area contributed by atoms with Crippen LogP contribution in [0.3, 0.4) is 0 Å². The van der Waals surface area contributed by atoms with Gasteiger partial charge in [0.15, 0.2) is 5.82 Å². The Bertz CT molecular complexity index is 441. The molecule has 14 heavy (non-hydrogen) atoms. The molecule has 0 bridgehead atoms. The standard InChI is InChI=1S/C9H8FN3O/c10-7-4-2-1-3-6(7)9-12-8(5-11)13-14-9/h1-4H,5,11H2. The monoisotopic (exact) mass is 193 g/mol. The van der Waals surface area contributed by atoms with Crippen molar-refractivity contribution in [3.8, 4) is 11.5 Å². The minimum atomic E-state index is -0.389. The van der Waals surface area contributed by atoms with Crippen LogP contribution in [0.2, 0.25) is 0 Å². The van der Waals surface area contributed by atoms with Crippen LogP contribution >= 0.6 is 0 Å². The Balaban J connectivity index is 2.44. The van der Waals surface area contributed by atoms with Gasteiger partial charge in [0.1, 0.15) is 5.82 Å². The van der Waals surface area contributed by atoms with E-state index in [4.69, 9.17) is 10.3 Å². The van der Waals surface area contributed by atoms with Gasteiger partial charge in [0.2, 0.25) is 0 Å². The van der Waals surface area contributed by atoms with E-state index in [1.807, 2.05) is 0 Å². The number of aromatic nitrogens is 2. The van der Waals surface area contributed by atoms with Crippen molar-refractivity contribution < 1.29 is 8.91 Å². The van der Waals surface area contributed by atoms with Gasteiger partial charge in [0, 0.05) is 0 Å². The van der Waals surface area contributed by atoms with Crippen LogP contribution in [0.4, 0.5) is 4.39 Å². The van der Waals surface area contributed by atoms with Crippen molar-refractivity contribution in [2.75, 3.05) is 0 Å². The number of benzene rings is 1. The summed E-state index contributed by atoms with van der Waals surface area (Å²) in [4.78, 5) is 3.92. The normalized spacial score (nSPS) is 10.4. The fourth-order valence-corrected chi connectivity index (χ4v) is 1.08. The molecule has 5 heteroatoms. The third-order valence-electron chi connectivity index (χ3n) is 1.75. The SMILES string of the molecule is NCc1noc(-c2ccccc2F)n1. The van der Waals surface area contributed by atoms with Gasteiger partial charge in [-0.2, -0.15) is 4.98 Å². The molecule has 0 saturated heterocycles. The molecule has 1 aromatic heterocycles. The molecule has 1 aromatic carbocycles. The summed E-state index contributed by atoms with van der Waals surface area (Å²) in [5, 5.41) is 3.57. The van der Waals surface area contributed by atoms with E-state index in [9.17, 15) is 4.39 Å². The minimum Gasteiger partial charge on any atom is -0.334 e. The first-order valence-corrected chi connectivity index (χ1v) is 4.09. The molecule has 72 valence electrons. The number of nitrogens with two attached hydrogens (primary N) is 1. The Labute approximate surface area is 79.5 Å². The average molecular weight is 193 g/mol. The van der Waals surface area contributed by atoms with Gasteiger partial charge in [-0.15, -0.1) is 0 Å². The van der Waals surface area contributed by atoms with Crippen LogP contribution < -0.4 is 5.73 Å². The molecule has 4 nitrogen and oxygen atoms in total. The minimum absolute atomic E-state index is 0.156. The van der Waals surface area contributed by atoms with Crippen molar-refractivity contribution in [2.45, 2.75) is 6.54 Å². The largest absolute Gasteiger partial charge is 0.334 e. The van der Waals surface area contributed by atoms with Crippen LogP contribution in [0.1, 0.15) is 5.82 Å². The number of halogens is 1. The van der Waals surface area contributed by atoms with E-state index < -0.39 is 0 Å². The predicted octanol–water partition coefficient (Wildman–Crippen LogP) is 1.33. The van der Waals surface area contributed by atoms with E-state index in [-0.39, 0.29) is 18.3 Å². The van der Waals surface area contributed by atoms with E-state index in [1.54, 1.807) is 18.2 Å². The maximum Gasteiger partial charge on any atom is 0.260 e. The van der Waals surface area contributed by atoms with E-state index >= 15 is 0 Å². The fourth-order valence-electron chi connectivity index (χ4n) is 1.08. The number of rotatable bonds is 2. The molecule has 0 unspecified atom stereocenters. The first-order chi connectivity index (χ1) is 6.81. The molecule has 0 aliphatic heterocycles. The zero-order valence-electron chi connectivity index (χ0n) is 7.27. The molecule has 0 amide bonds. The maximum atomic E-state index is 13.2. The average Bonchev–Trinajstić information content (AvgIpc) is 2.67. The molecule has 0 aliphatic carbocycles. The molecule has 0 fully saturated rings. The fraction of sp³-hybridized carbons (Fsp3) is 0.111. The molecule has 2 aromatic rings. The van der Waals surface area contributed by atoms with Gasteiger partial charge in [0.05, 0.1) is 12.1 Å². The van der Waals surface area contributed by atoms with Gasteiger partial charge >= 0.3 is 0 Å². The van der Waals surface area contributed by atoms with Gasteiger partial charge in [-0.05, 0) is 12.1 Å². The molecule has 0 radical (unpaired) electrons. The highest BCUT2D eigenvalue weighted by Crippen LogP contribution is 2.19. The smallest absolute Gasteiger partial charge is 0.260 e. The molecule has 0 atom stereocenters. The molecule has 1 heterocycles. The van der Waals surface area contributed by atoms with E-state index in [2.05, 4.69) is 10.1 Å². The number of nitrogens with zero attached hydrogens (tertiary/aromatic N) is 2. The Hall–Kier alpha value is -1.75. The Kier molecular flexibility index (Phi) is 2.24. The molecule has 0 saturated carbocycles. The Morgan fingerprint density at radius 1 is 1.36 bits per heavy atom. The first-order valence-electron chi connectivity index (χ1n) is 4.09. The molecule has 0 aliphatic rings. The Morgan fingerprint density at radius 3 is 2.79 bits per heavy atom.